The molecule has 0 bridgehead atoms. The Kier molecular flexibility index (Phi) is 4.12. The minimum atomic E-state index is 0.604. The molecule has 0 radical (unpaired) electrons. The molecule has 0 unspecified atom stereocenters. The first kappa shape index (κ1) is 15.8. The summed E-state index contributed by atoms with van der Waals surface area (Å²) in [5, 5.41) is 1.22. The Labute approximate surface area is 153 Å². The lowest BCUT2D eigenvalue weighted by Gasteiger charge is -2.03. The molecule has 0 aliphatic rings. The average molecular weight is 377 g/mol. The van der Waals surface area contributed by atoms with Crippen molar-refractivity contribution in [3.05, 3.63) is 52.6 Å². The maximum absolute atomic E-state index is 6.30. The van der Waals surface area contributed by atoms with Gasteiger partial charge in [0, 0.05) is 16.8 Å². The van der Waals surface area contributed by atoms with Gasteiger partial charge in [0.1, 0.15) is 5.75 Å². The Hall–Kier alpha value is -1.75. The van der Waals surface area contributed by atoms with Gasteiger partial charge in [0.25, 0.3) is 0 Å². The summed E-state index contributed by atoms with van der Waals surface area (Å²) in [4.78, 5) is 5.64. The molecule has 0 aliphatic heterocycles. The van der Waals surface area contributed by atoms with Gasteiger partial charge in [0.15, 0.2) is 4.96 Å². The Bertz CT molecular complexity index is 1040. The Morgan fingerprint density at radius 3 is 2.83 bits per heavy atom. The molecule has 0 fully saturated rings. The van der Waals surface area contributed by atoms with E-state index in [1.54, 1.807) is 17.4 Å². The summed E-state index contributed by atoms with van der Waals surface area (Å²) in [6, 6.07) is 11.6. The molecule has 0 spiro atoms. The second kappa shape index (κ2) is 6.28. The Morgan fingerprint density at radius 2 is 2.04 bits per heavy atom. The van der Waals surface area contributed by atoms with Gasteiger partial charge in [-0.1, -0.05) is 41.5 Å². The van der Waals surface area contributed by atoms with Crippen LogP contribution in [0.4, 0.5) is 0 Å². The minimum Gasteiger partial charge on any atom is -0.494 e. The number of benzene rings is 2. The summed E-state index contributed by atoms with van der Waals surface area (Å²) in [5.41, 5.74) is 2.84. The summed E-state index contributed by atoms with van der Waals surface area (Å²) in [7, 11) is 0. The average Bonchev–Trinajstić information content (AvgIpc) is 3.10. The van der Waals surface area contributed by atoms with Crippen LogP contribution in [-0.4, -0.2) is 16.0 Å². The van der Waals surface area contributed by atoms with Crippen LogP contribution in [0.25, 0.3) is 26.4 Å². The molecular weight excluding hydrogens is 363 g/mol. The zero-order valence-electron chi connectivity index (χ0n) is 12.9. The van der Waals surface area contributed by atoms with Crippen LogP contribution in [-0.2, 0) is 0 Å². The zero-order valence-corrected chi connectivity index (χ0v) is 15.3. The summed E-state index contributed by atoms with van der Waals surface area (Å²) < 4.78 is 8.94. The lowest BCUT2D eigenvalue weighted by atomic mass is 10.2. The molecule has 122 valence electrons. The van der Waals surface area contributed by atoms with Crippen molar-refractivity contribution in [3.8, 4) is 17.0 Å². The van der Waals surface area contributed by atoms with Gasteiger partial charge >= 0.3 is 0 Å². The number of hydrogen-bond acceptors (Lipinski definition) is 3. The van der Waals surface area contributed by atoms with Crippen LogP contribution in [0.1, 0.15) is 13.3 Å². The number of fused-ring (bicyclic) bond motifs is 3. The van der Waals surface area contributed by atoms with Crippen molar-refractivity contribution >= 4 is 49.7 Å². The number of rotatable bonds is 4. The Balaban J connectivity index is 1.78. The van der Waals surface area contributed by atoms with E-state index in [1.165, 1.54) is 0 Å². The van der Waals surface area contributed by atoms with E-state index in [4.69, 9.17) is 32.9 Å². The van der Waals surface area contributed by atoms with Gasteiger partial charge in [-0.25, -0.2) is 4.98 Å². The third-order valence-electron chi connectivity index (χ3n) is 3.75. The van der Waals surface area contributed by atoms with Crippen LogP contribution in [0, 0.1) is 0 Å². The standard InChI is InChI=1S/C18H14Cl2N2OS/c1-2-7-23-12-4-6-16-17(9-12)24-18-21-15(10-22(16)18)13-5-3-11(19)8-14(13)20/h3-6,8-10H,2,7H2,1H3. The lowest BCUT2D eigenvalue weighted by Crippen LogP contribution is -1.94. The van der Waals surface area contributed by atoms with Crippen molar-refractivity contribution < 1.29 is 4.74 Å². The van der Waals surface area contributed by atoms with E-state index in [1.807, 2.05) is 24.4 Å². The number of imidazole rings is 1. The second-order valence-corrected chi connectivity index (χ2v) is 7.34. The molecule has 2 heterocycles. The first-order valence-electron chi connectivity index (χ1n) is 7.65. The molecule has 24 heavy (non-hydrogen) atoms. The van der Waals surface area contributed by atoms with Crippen molar-refractivity contribution in [1.29, 1.82) is 0 Å². The van der Waals surface area contributed by atoms with Crippen LogP contribution in [0.5, 0.6) is 5.75 Å². The molecule has 3 nitrogen and oxygen atoms in total. The molecule has 6 heteroatoms. The highest BCUT2D eigenvalue weighted by molar-refractivity contribution is 7.23. The van der Waals surface area contributed by atoms with Crippen LogP contribution < -0.4 is 4.74 Å². The number of thiazole rings is 1. The van der Waals surface area contributed by atoms with E-state index in [0.29, 0.717) is 10.0 Å². The molecule has 0 saturated heterocycles. The third-order valence-corrected chi connectivity index (χ3v) is 5.31. The highest BCUT2D eigenvalue weighted by Crippen LogP contribution is 2.34. The molecule has 2 aromatic heterocycles. The minimum absolute atomic E-state index is 0.604. The predicted octanol–water partition coefficient (Wildman–Crippen LogP) is 6.31. The van der Waals surface area contributed by atoms with Crippen molar-refractivity contribution in [2.24, 2.45) is 0 Å². The van der Waals surface area contributed by atoms with Crippen LogP contribution in [0.3, 0.4) is 0 Å². The largest absolute Gasteiger partial charge is 0.494 e. The zero-order chi connectivity index (χ0) is 16.7. The summed E-state index contributed by atoms with van der Waals surface area (Å²) >= 11 is 13.9. The lowest BCUT2D eigenvalue weighted by molar-refractivity contribution is 0.318. The van der Waals surface area contributed by atoms with Crippen LogP contribution >= 0.6 is 34.5 Å². The monoisotopic (exact) mass is 376 g/mol. The van der Waals surface area contributed by atoms with E-state index in [2.05, 4.69) is 23.5 Å². The predicted molar refractivity (Wildman–Crippen MR) is 102 cm³/mol. The molecule has 4 rings (SSSR count). The summed E-state index contributed by atoms with van der Waals surface area (Å²) in [6.07, 6.45) is 3.01. The smallest absolute Gasteiger partial charge is 0.195 e. The van der Waals surface area contributed by atoms with Crippen molar-refractivity contribution in [1.82, 2.24) is 9.38 Å². The topological polar surface area (TPSA) is 26.5 Å². The quantitative estimate of drug-likeness (QED) is 0.417. The maximum atomic E-state index is 6.30. The highest BCUT2D eigenvalue weighted by Gasteiger charge is 2.13. The fourth-order valence-corrected chi connectivity index (χ4v) is 4.16. The summed E-state index contributed by atoms with van der Waals surface area (Å²) in [6.45, 7) is 2.83. The van der Waals surface area contributed by atoms with E-state index >= 15 is 0 Å². The van der Waals surface area contributed by atoms with Crippen molar-refractivity contribution in [3.63, 3.8) is 0 Å². The van der Waals surface area contributed by atoms with Gasteiger partial charge in [0.05, 0.1) is 27.5 Å². The van der Waals surface area contributed by atoms with E-state index in [0.717, 1.165) is 45.2 Å². The summed E-state index contributed by atoms with van der Waals surface area (Å²) in [5.74, 6) is 0.898. The first-order valence-corrected chi connectivity index (χ1v) is 9.23. The van der Waals surface area contributed by atoms with Gasteiger partial charge in [0.2, 0.25) is 0 Å². The number of aromatic nitrogens is 2. The molecule has 2 aromatic carbocycles. The van der Waals surface area contributed by atoms with Gasteiger partial charge in [-0.3, -0.25) is 4.40 Å². The highest BCUT2D eigenvalue weighted by atomic mass is 35.5. The van der Waals surface area contributed by atoms with Gasteiger partial charge in [-0.15, -0.1) is 0 Å². The van der Waals surface area contributed by atoms with Gasteiger partial charge in [-0.2, -0.15) is 0 Å². The third kappa shape index (κ3) is 2.75. The number of ether oxygens (including phenoxy) is 1. The Morgan fingerprint density at radius 1 is 1.17 bits per heavy atom. The van der Waals surface area contributed by atoms with Crippen LogP contribution in [0.2, 0.25) is 10.0 Å². The normalized spacial score (nSPS) is 11.5. The van der Waals surface area contributed by atoms with Gasteiger partial charge < -0.3 is 4.74 Å². The number of nitrogens with zero attached hydrogens (tertiary/aromatic N) is 2. The SMILES string of the molecule is CCCOc1ccc2c(c1)sc1nc(-c3ccc(Cl)cc3Cl)cn12. The van der Waals surface area contributed by atoms with E-state index in [9.17, 15) is 0 Å². The maximum Gasteiger partial charge on any atom is 0.195 e. The van der Waals surface area contributed by atoms with E-state index in [-0.39, 0.29) is 0 Å². The fraction of sp³-hybridized carbons (Fsp3) is 0.167. The molecule has 0 N–H and O–H groups in total. The molecule has 0 saturated carbocycles. The van der Waals surface area contributed by atoms with Crippen LogP contribution in [0.15, 0.2) is 42.6 Å². The van der Waals surface area contributed by atoms with E-state index < -0.39 is 0 Å². The van der Waals surface area contributed by atoms with Crippen molar-refractivity contribution in [2.75, 3.05) is 6.61 Å². The molecule has 0 amide bonds. The van der Waals surface area contributed by atoms with Gasteiger partial charge in [-0.05, 0) is 42.8 Å². The molecule has 0 aliphatic carbocycles. The molecule has 0 atom stereocenters. The fourth-order valence-electron chi connectivity index (χ4n) is 2.62. The number of halogens is 2. The molecule has 4 aromatic rings. The number of hydrogen-bond donors (Lipinski definition) is 0. The molecular formula is C18H14Cl2N2OS. The van der Waals surface area contributed by atoms with Crippen molar-refractivity contribution in [2.45, 2.75) is 13.3 Å². The first-order chi connectivity index (χ1) is 11.7. The second-order valence-electron chi connectivity index (χ2n) is 5.48.